The highest BCUT2D eigenvalue weighted by Gasteiger charge is 2.20. The average Bonchev–Trinajstić information content (AvgIpc) is 2.93. The second-order valence-corrected chi connectivity index (χ2v) is 7.79. The highest BCUT2D eigenvalue weighted by molar-refractivity contribution is 5.80. The molecule has 0 aliphatic carbocycles. The third kappa shape index (κ3) is 5.68. The maximum Gasteiger partial charge on any atom is 0.519 e. The lowest BCUT2D eigenvalue weighted by molar-refractivity contribution is -0.385. The fourth-order valence-corrected chi connectivity index (χ4v) is 3.63. The number of non-ortho nitro benzene ring substituents is 2. The molecule has 38 heavy (non-hydrogen) atoms. The van der Waals surface area contributed by atoms with Crippen molar-refractivity contribution in [3.63, 3.8) is 0 Å². The number of carbonyl (C=O) groups excluding carboxylic acids is 1. The predicted molar refractivity (Wildman–Crippen MR) is 137 cm³/mol. The lowest BCUT2D eigenvalue weighted by Crippen LogP contribution is -2.15. The molecule has 11 nitrogen and oxygen atoms in total. The van der Waals surface area contributed by atoms with Crippen molar-refractivity contribution >= 4 is 17.5 Å². The van der Waals surface area contributed by atoms with Gasteiger partial charge in [0, 0.05) is 35.4 Å². The first-order valence-corrected chi connectivity index (χ1v) is 11.0. The highest BCUT2D eigenvalue weighted by atomic mass is 16.7. The van der Waals surface area contributed by atoms with Gasteiger partial charge in [0.25, 0.3) is 11.4 Å². The van der Waals surface area contributed by atoms with Crippen LogP contribution in [0.4, 0.5) is 16.2 Å². The van der Waals surface area contributed by atoms with Crippen LogP contribution in [0.15, 0.2) is 84.9 Å². The van der Waals surface area contributed by atoms with Crippen LogP contribution in [0.1, 0.15) is 0 Å². The van der Waals surface area contributed by atoms with Crippen LogP contribution in [0.2, 0.25) is 0 Å². The maximum absolute atomic E-state index is 12.8. The van der Waals surface area contributed by atoms with E-state index in [4.69, 9.17) is 18.9 Å². The molecule has 0 bridgehead atoms. The van der Waals surface area contributed by atoms with E-state index in [0.717, 1.165) is 0 Å². The molecule has 4 aromatic rings. The van der Waals surface area contributed by atoms with Crippen molar-refractivity contribution in [3.8, 4) is 45.3 Å². The molecule has 0 saturated heterocycles. The Balaban J connectivity index is 1.67. The van der Waals surface area contributed by atoms with E-state index in [0.29, 0.717) is 22.6 Å². The molecule has 0 heterocycles. The van der Waals surface area contributed by atoms with Gasteiger partial charge in [0.1, 0.15) is 23.0 Å². The minimum atomic E-state index is -1.14. The lowest BCUT2D eigenvalue weighted by Gasteiger charge is -2.13. The number of ether oxygens (including phenoxy) is 4. The van der Waals surface area contributed by atoms with E-state index >= 15 is 0 Å². The summed E-state index contributed by atoms with van der Waals surface area (Å²) in [7, 11) is 3.01. The fraction of sp³-hybridized carbons (Fsp3) is 0.0741. The molecular weight excluding hydrogens is 496 g/mol. The van der Waals surface area contributed by atoms with E-state index in [1.807, 2.05) is 0 Å². The predicted octanol–water partition coefficient (Wildman–Crippen LogP) is 6.43. The molecule has 4 rings (SSSR count). The van der Waals surface area contributed by atoms with Crippen molar-refractivity contribution in [2.24, 2.45) is 0 Å². The van der Waals surface area contributed by atoms with Crippen molar-refractivity contribution in [2.45, 2.75) is 0 Å². The summed E-state index contributed by atoms with van der Waals surface area (Å²) in [6.07, 6.45) is -1.14. The second kappa shape index (κ2) is 11.1. The van der Waals surface area contributed by atoms with Gasteiger partial charge in [-0.1, -0.05) is 24.3 Å². The SMILES string of the molecule is COc1ccc(-c2cc([N+](=O)[O-])ccc2OC(=O)Oc2ccc([N+](=O)[O-])cc2-c2ccc(OC)cc2)cc1. The van der Waals surface area contributed by atoms with Crippen molar-refractivity contribution < 1.29 is 33.6 Å². The molecule has 0 aliphatic heterocycles. The average molecular weight is 516 g/mol. The Kier molecular flexibility index (Phi) is 7.48. The van der Waals surface area contributed by atoms with Crippen LogP contribution >= 0.6 is 0 Å². The van der Waals surface area contributed by atoms with Crippen molar-refractivity contribution in [1.29, 1.82) is 0 Å². The van der Waals surface area contributed by atoms with Crippen molar-refractivity contribution in [3.05, 3.63) is 105 Å². The van der Waals surface area contributed by atoms with Gasteiger partial charge < -0.3 is 18.9 Å². The van der Waals surface area contributed by atoms with E-state index in [1.54, 1.807) is 48.5 Å². The van der Waals surface area contributed by atoms with Crippen LogP contribution in [0.3, 0.4) is 0 Å². The van der Waals surface area contributed by atoms with Crippen LogP contribution in [0.25, 0.3) is 22.3 Å². The van der Waals surface area contributed by atoms with Gasteiger partial charge in [0.05, 0.1) is 24.1 Å². The molecule has 0 unspecified atom stereocenters. The number of benzene rings is 4. The first-order chi connectivity index (χ1) is 18.3. The normalized spacial score (nSPS) is 10.4. The molecular formula is C27H20N2O9. The largest absolute Gasteiger partial charge is 0.519 e. The van der Waals surface area contributed by atoms with Crippen molar-refractivity contribution in [2.75, 3.05) is 14.2 Å². The number of carbonyl (C=O) groups is 1. The molecule has 0 amide bonds. The van der Waals surface area contributed by atoms with Gasteiger partial charge in [-0.15, -0.1) is 0 Å². The summed E-state index contributed by atoms with van der Waals surface area (Å²) in [5.74, 6) is 1.17. The van der Waals surface area contributed by atoms with Crippen LogP contribution in [-0.2, 0) is 0 Å². The number of hydrogen-bond acceptors (Lipinski definition) is 9. The Labute approximate surface area is 216 Å². The summed E-state index contributed by atoms with van der Waals surface area (Å²) >= 11 is 0. The van der Waals surface area contributed by atoms with E-state index < -0.39 is 16.0 Å². The number of rotatable bonds is 8. The number of nitro benzene ring substituents is 2. The molecule has 0 aromatic heterocycles. The first-order valence-electron chi connectivity index (χ1n) is 11.0. The summed E-state index contributed by atoms with van der Waals surface area (Å²) in [6.45, 7) is 0. The van der Waals surface area contributed by atoms with Gasteiger partial charge in [-0.05, 0) is 47.5 Å². The van der Waals surface area contributed by atoms with Gasteiger partial charge in [-0.25, -0.2) is 4.79 Å². The smallest absolute Gasteiger partial charge is 0.497 e. The Hall–Kier alpha value is -5.45. The van der Waals surface area contributed by atoms with E-state index in [1.165, 1.54) is 50.6 Å². The zero-order valence-electron chi connectivity index (χ0n) is 20.2. The van der Waals surface area contributed by atoms with Gasteiger partial charge >= 0.3 is 6.16 Å². The molecule has 0 N–H and O–H groups in total. The maximum atomic E-state index is 12.8. The molecule has 0 aliphatic rings. The second-order valence-electron chi connectivity index (χ2n) is 7.79. The lowest BCUT2D eigenvalue weighted by atomic mass is 10.0. The zero-order valence-corrected chi connectivity index (χ0v) is 20.2. The van der Waals surface area contributed by atoms with Gasteiger partial charge in [0.2, 0.25) is 0 Å². The third-order valence-electron chi connectivity index (χ3n) is 5.54. The molecule has 4 aromatic carbocycles. The fourth-order valence-electron chi connectivity index (χ4n) is 3.63. The Morgan fingerprint density at radius 1 is 0.605 bits per heavy atom. The van der Waals surface area contributed by atoms with Gasteiger partial charge in [-0.2, -0.15) is 0 Å². The van der Waals surface area contributed by atoms with Gasteiger partial charge in [0.15, 0.2) is 0 Å². The number of nitro groups is 2. The third-order valence-corrected chi connectivity index (χ3v) is 5.54. The molecule has 0 saturated carbocycles. The zero-order chi connectivity index (χ0) is 27.2. The Morgan fingerprint density at radius 2 is 0.974 bits per heavy atom. The van der Waals surface area contributed by atoms with Crippen LogP contribution < -0.4 is 18.9 Å². The Bertz CT molecular complexity index is 1390. The topological polar surface area (TPSA) is 140 Å². The molecule has 0 radical (unpaired) electrons. The minimum Gasteiger partial charge on any atom is -0.497 e. The molecule has 0 atom stereocenters. The van der Waals surface area contributed by atoms with E-state index in [-0.39, 0.29) is 34.0 Å². The first kappa shape index (κ1) is 25.6. The highest BCUT2D eigenvalue weighted by Crippen LogP contribution is 2.37. The molecule has 192 valence electrons. The number of methoxy groups -OCH3 is 2. The molecule has 11 heteroatoms. The van der Waals surface area contributed by atoms with Crippen LogP contribution in [-0.4, -0.2) is 30.2 Å². The summed E-state index contributed by atoms with van der Waals surface area (Å²) in [5.41, 5.74) is 1.22. The Morgan fingerprint density at radius 3 is 1.29 bits per heavy atom. The molecule has 0 spiro atoms. The van der Waals surface area contributed by atoms with Gasteiger partial charge in [-0.3, -0.25) is 20.2 Å². The summed E-state index contributed by atoms with van der Waals surface area (Å²) in [6, 6.07) is 20.8. The minimum absolute atomic E-state index is 0.0127. The van der Waals surface area contributed by atoms with Crippen LogP contribution in [0.5, 0.6) is 23.0 Å². The monoisotopic (exact) mass is 516 g/mol. The van der Waals surface area contributed by atoms with Crippen molar-refractivity contribution in [1.82, 2.24) is 0 Å². The van der Waals surface area contributed by atoms with Crippen LogP contribution in [0, 0.1) is 20.2 Å². The van der Waals surface area contributed by atoms with E-state index in [9.17, 15) is 25.0 Å². The summed E-state index contributed by atoms with van der Waals surface area (Å²) in [5, 5.41) is 22.7. The summed E-state index contributed by atoms with van der Waals surface area (Å²) in [4.78, 5) is 34.4. The standard InChI is InChI=1S/C27H20N2O9/c1-35-21-9-3-17(4-10-21)23-15-19(28(31)32)7-13-25(23)37-27(30)38-26-14-8-20(29(33)34)16-24(26)18-5-11-22(36-2)12-6-18/h3-16H,1-2H3. The molecule has 0 fully saturated rings. The quantitative estimate of drug-likeness (QED) is 0.112. The van der Waals surface area contributed by atoms with E-state index in [2.05, 4.69) is 0 Å². The number of hydrogen-bond donors (Lipinski definition) is 0. The summed E-state index contributed by atoms with van der Waals surface area (Å²) < 4.78 is 21.2. The number of nitrogens with zero attached hydrogens (tertiary/aromatic N) is 2.